The number of ether oxygens (including phenoxy) is 1. The van der Waals surface area contributed by atoms with Crippen LogP contribution in [0.25, 0.3) is 22.2 Å². The maximum atomic E-state index is 12.0. The minimum Gasteiger partial charge on any atom is -0.407 e. The Morgan fingerprint density at radius 2 is 1.56 bits per heavy atom. The van der Waals surface area contributed by atoms with Crippen molar-refractivity contribution in [1.29, 1.82) is 0 Å². The van der Waals surface area contributed by atoms with Gasteiger partial charge in [0.05, 0.1) is 29.9 Å². The van der Waals surface area contributed by atoms with Crippen molar-refractivity contribution in [3.05, 3.63) is 114 Å². The number of pyridine rings is 1. The van der Waals surface area contributed by atoms with Crippen LogP contribution in [0.4, 0.5) is 0 Å². The molecule has 1 aliphatic rings. The predicted molar refractivity (Wildman–Crippen MR) is 214 cm³/mol. The van der Waals surface area contributed by atoms with Crippen LogP contribution in [0, 0.1) is 5.41 Å². The van der Waals surface area contributed by atoms with Gasteiger partial charge >= 0.3 is 0 Å². The van der Waals surface area contributed by atoms with Crippen molar-refractivity contribution in [2.45, 2.75) is 91.0 Å². The molecule has 3 aromatic carbocycles. The molecule has 1 aliphatic carbocycles. The van der Waals surface area contributed by atoms with Crippen molar-refractivity contribution in [3.8, 4) is 11.3 Å². The zero-order valence-corrected chi connectivity index (χ0v) is 34.0. The molecule has 5 aromatic rings. The van der Waals surface area contributed by atoms with Gasteiger partial charge in [0.15, 0.2) is 0 Å². The zero-order valence-electron chi connectivity index (χ0n) is 32.1. The highest BCUT2D eigenvalue weighted by atomic mass is 32.2. The van der Waals surface area contributed by atoms with E-state index in [4.69, 9.17) is 18.3 Å². The molecule has 0 N–H and O–H groups in total. The van der Waals surface area contributed by atoms with Crippen LogP contribution in [0.15, 0.2) is 97.2 Å². The molecule has 3 atom stereocenters. The minimum absolute atomic E-state index is 0.0364. The van der Waals surface area contributed by atoms with E-state index in [1.165, 1.54) is 15.9 Å². The van der Waals surface area contributed by atoms with Crippen LogP contribution in [0.5, 0.6) is 0 Å². The van der Waals surface area contributed by atoms with Crippen molar-refractivity contribution >= 4 is 39.7 Å². The quantitative estimate of drug-likeness (QED) is 0.0842. The van der Waals surface area contributed by atoms with Gasteiger partial charge in [-0.25, -0.2) is 0 Å². The largest absolute Gasteiger partial charge is 0.407 e. The molecule has 0 saturated heterocycles. The first-order valence-corrected chi connectivity index (χ1v) is 22.1. The molecule has 1 fully saturated rings. The molecule has 9 heteroatoms. The summed E-state index contributed by atoms with van der Waals surface area (Å²) < 4.78 is 45.1. The van der Waals surface area contributed by atoms with Gasteiger partial charge in [-0.2, -0.15) is 8.42 Å². The van der Waals surface area contributed by atoms with E-state index < -0.39 is 18.4 Å². The second-order valence-corrected chi connectivity index (χ2v) is 22.0. The fraction of sp³-hybridized carbons (Fsp3) is 0.419. The highest BCUT2D eigenvalue weighted by molar-refractivity contribution is 7.86. The molecule has 276 valence electrons. The third-order valence-corrected chi connectivity index (χ3v) is 16.1. The lowest BCUT2D eigenvalue weighted by atomic mass is 9.84. The van der Waals surface area contributed by atoms with Crippen LogP contribution in [0.1, 0.15) is 83.7 Å². The topological polar surface area (TPSA) is 79.7 Å². The Kier molecular flexibility index (Phi) is 10.8. The van der Waals surface area contributed by atoms with E-state index >= 15 is 0 Å². The van der Waals surface area contributed by atoms with Gasteiger partial charge in [0.1, 0.15) is 0 Å². The van der Waals surface area contributed by atoms with E-state index in [9.17, 15) is 8.42 Å². The number of nitrogens with zero attached hydrogens (tertiary/aromatic N) is 2. The van der Waals surface area contributed by atoms with E-state index in [0.717, 1.165) is 52.6 Å². The standard InChI is InChI=1S/C43H54N2O5SSi/c1-10-45-38-24-23-31(35-27-39(35)50-51(9,46)47)26-36(38)37(41(45)34-22-17-25-44-40(34)30(2)48-8)28-43(6,7)29-49-52(42(3,4)5,32-18-13-11-14-19-32)33-20-15-12-16-21-33/h11-26,30,35,39H,10,27-29H2,1-9H3/t30-,35?,39?/m1/s1. The Bertz CT molecular complexity index is 2080. The molecule has 0 amide bonds. The third kappa shape index (κ3) is 7.57. The molecular formula is C43H54N2O5SSi. The number of fused-ring (bicyclic) bond motifs is 1. The summed E-state index contributed by atoms with van der Waals surface area (Å²) in [5.41, 5.74) is 6.28. The molecule has 2 aromatic heterocycles. The molecule has 0 bridgehead atoms. The molecule has 0 spiro atoms. The summed E-state index contributed by atoms with van der Waals surface area (Å²) >= 11 is 0. The van der Waals surface area contributed by atoms with Gasteiger partial charge in [-0.05, 0) is 82.9 Å². The molecule has 6 rings (SSSR count). The average molecular weight is 739 g/mol. The fourth-order valence-electron chi connectivity index (χ4n) is 7.99. The highest BCUT2D eigenvalue weighted by Gasteiger charge is 2.51. The monoisotopic (exact) mass is 738 g/mol. The lowest BCUT2D eigenvalue weighted by Crippen LogP contribution is -2.67. The Balaban J connectivity index is 1.48. The highest BCUT2D eigenvalue weighted by Crippen LogP contribution is 2.47. The molecule has 0 aliphatic heterocycles. The van der Waals surface area contributed by atoms with Crippen LogP contribution in [-0.4, -0.2) is 52.4 Å². The van der Waals surface area contributed by atoms with Crippen molar-refractivity contribution in [2.24, 2.45) is 5.41 Å². The number of rotatable bonds is 14. The van der Waals surface area contributed by atoms with Crippen LogP contribution < -0.4 is 10.4 Å². The zero-order chi connectivity index (χ0) is 37.5. The fourth-order valence-corrected chi connectivity index (χ4v) is 13.4. The Morgan fingerprint density at radius 3 is 2.12 bits per heavy atom. The van der Waals surface area contributed by atoms with Gasteiger partial charge in [0.25, 0.3) is 18.4 Å². The number of aromatic nitrogens is 2. The number of methoxy groups -OCH3 is 1. The predicted octanol–water partition coefficient (Wildman–Crippen LogP) is 8.41. The molecular weight excluding hydrogens is 685 g/mol. The van der Waals surface area contributed by atoms with Gasteiger partial charge in [-0.3, -0.25) is 9.17 Å². The Hall–Kier alpha value is -3.60. The van der Waals surface area contributed by atoms with Crippen LogP contribution in [-0.2, 0) is 36.4 Å². The summed E-state index contributed by atoms with van der Waals surface area (Å²) in [6, 6.07) is 32.4. The summed E-state index contributed by atoms with van der Waals surface area (Å²) in [6.07, 6.45) is 3.87. The average Bonchev–Trinajstić information content (AvgIpc) is 3.80. The summed E-state index contributed by atoms with van der Waals surface area (Å²) in [7, 11) is -4.59. The third-order valence-electron chi connectivity index (χ3n) is 10.6. The Morgan fingerprint density at radius 1 is 0.923 bits per heavy atom. The molecule has 0 radical (unpaired) electrons. The first-order valence-electron chi connectivity index (χ1n) is 18.4. The number of hydrogen-bond acceptors (Lipinski definition) is 6. The second-order valence-electron chi connectivity index (χ2n) is 16.1. The number of hydrogen-bond donors (Lipinski definition) is 0. The van der Waals surface area contributed by atoms with E-state index in [1.54, 1.807) is 7.11 Å². The Labute approximate surface area is 311 Å². The smallest absolute Gasteiger partial charge is 0.264 e. The SMILES string of the molecule is CCn1c(-c2cccnc2[C@@H](C)OC)c(CC(C)(C)CO[Si](c2ccccc2)(c2ccccc2)C(C)(C)C)c2cc(C3CC3OS(C)(=O)=O)ccc21. The lowest BCUT2D eigenvalue weighted by molar-refractivity contribution is 0.116. The van der Waals surface area contributed by atoms with Crippen molar-refractivity contribution in [2.75, 3.05) is 20.0 Å². The van der Waals surface area contributed by atoms with Gasteiger partial charge < -0.3 is 13.7 Å². The summed E-state index contributed by atoms with van der Waals surface area (Å²) in [5, 5.41) is 3.56. The van der Waals surface area contributed by atoms with Crippen LogP contribution in [0.3, 0.4) is 0 Å². The van der Waals surface area contributed by atoms with Gasteiger partial charge in [-0.1, -0.05) is 101 Å². The van der Waals surface area contributed by atoms with E-state index in [0.29, 0.717) is 13.0 Å². The summed E-state index contributed by atoms with van der Waals surface area (Å²) in [4.78, 5) is 4.84. The first kappa shape index (κ1) is 38.1. The second kappa shape index (κ2) is 14.7. The van der Waals surface area contributed by atoms with Crippen LogP contribution in [0.2, 0.25) is 5.04 Å². The van der Waals surface area contributed by atoms with Crippen LogP contribution >= 0.6 is 0 Å². The normalized spacial score (nSPS) is 17.4. The van der Waals surface area contributed by atoms with Crippen molar-refractivity contribution in [1.82, 2.24) is 9.55 Å². The van der Waals surface area contributed by atoms with E-state index in [2.05, 4.69) is 131 Å². The maximum Gasteiger partial charge on any atom is 0.264 e. The molecule has 2 unspecified atom stereocenters. The number of aryl methyl sites for hydroxylation is 1. The van der Waals surface area contributed by atoms with Gasteiger partial charge in [-0.15, -0.1) is 0 Å². The molecule has 1 saturated carbocycles. The lowest BCUT2D eigenvalue weighted by Gasteiger charge is -2.44. The van der Waals surface area contributed by atoms with Gasteiger partial charge in [0, 0.05) is 48.8 Å². The summed E-state index contributed by atoms with van der Waals surface area (Å²) in [6.45, 7) is 17.1. The van der Waals surface area contributed by atoms with E-state index in [1.807, 2.05) is 19.2 Å². The molecule has 52 heavy (non-hydrogen) atoms. The molecule has 2 heterocycles. The summed E-state index contributed by atoms with van der Waals surface area (Å²) in [5.74, 6) is 0.0364. The minimum atomic E-state index is -3.54. The van der Waals surface area contributed by atoms with Crippen molar-refractivity contribution < 1.29 is 21.8 Å². The van der Waals surface area contributed by atoms with Gasteiger partial charge in [0.2, 0.25) is 0 Å². The molecule has 7 nitrogen and oxygen atoms in total. The van der Waals surface area contributed by atoms with E-state index in [-0.39, 0.29) is 28.6 Å². The van der Waals surface area contributed by atoms with Crippen molar-refractivity contribution in [3.63, 3.8) is 0 Å². The maximum absolute atomic E-state index is 12.0. The first-order chi connectivity index (χ1) is 24.6. The number of benzene rings is 3.